The Kier molecular flexibility index (Phi) is 2.27. The third kappa shape index (κ3) is 1.63. The van der Waals surface area contributed by atoms with Crippen LogP contribution in [0.4, 0.5) is 0 Å². The molecule has 2 rings (SSSR count). The van der Waals surface area contributed by atoms with E-state index in [-0.39, 0.29) is 11.7 Å². The van der Waals surface area contributed by atoms with Crippen LogP contribution in [0.25, 0.3) is 11.6 Å². The third-order valence-electron chi connectivity index (χ3n) is 1.71. The predicted molar refractivity (Wildman–Crippen MR) is 51.2 cm³/mol. The molecule has 0 saturated heterocycles. The van der Waals surface area contributed by atoms with Crippen LogP contribution >= 0.6 is 15.9 Å². The van der Waals surface area contributed by atoms with Crippen molar-refractivity contribution in [3.63, 3.8) is 0 Å². The van der Waals surface area contributed by atoms with Crippen molar-refractivity contribution in [1.29, 1.82) is 0 Å². The van der Waals surface area contributed by atoms with Crippen molar-refractivity contribution in [1.82, 2.24) is 19.9 Å². The van der Waals surface area contributed by atoms with E-state index in [1.807, 2.05) is 0 Å². The molecule has 2 heterocycles. The number of carboxylic acids is 1. The number of rotatable bonds is 2. The first-order valence-electron chi connectivity index (χ1n) is 3.84. The Labute approximate surface area is 91.8 Å². The molecule has 0 amide bonds. The summed E-state index contributed by atoms with van der Waals surface area (Å²) in [6.45, 7) is 0. The molecule has 7 nitrogen and oxygen atoms in total. The first kappa shape index (κ1) is 9.84. The molecule has 0 aromatic carbocycles. The van der Waals surface area contributed by atoms with Crippen LogP contribution in [0.1, 0.15) is 10.6 Å². The molecule has 0 aliphatic carbocycles. The fourth-order valence-electron chi connectivity index (χ4n) is 1.06. The number of halogens is 1. The molecule has 2 aromatic rings. The van der Waals surface area contributed by atoms with E-state index < -0.39 is 5.97 Å². The van der Waals surface area contributed by atoms with Crippen molar-refractivity contribution < 1.29 is 14.4 Å². The maximum Gasteiger partial charge on any atom is 0.377 e. The molecule has 0 saturated carbocycles. The number of hydrogen-bond donors (Lipinski definition) is 1. The molecular weight excluding hydrogens is 268 g/mol. The average molecular weight is 273 g/mol. The monoisotopic (exact) mass is 272 g/mol. The SMILES string of the molecule is Cn1ncc(Br)c1-c1nc(C(=O)O)no1. The smallest absolute Gasteiger partial charge is 0.377 e. The number of carboxylic acid groups (broad SMARTS) is 1. The molecule has 15 heavy (non-hydrogen) atoms. The molecule has 0 unspecified atom stereocenters. The topological polar surface area (TPSA) is 94.0 Å². The fourth-order valence-corrected chi connectivity index (χ4v) is 1.58. The van der Waals surface area contributed by atoms with Gasteiger partial charge < -0.3 is 9.63 Å². The number of hydrogen-bond acceptors (Lipinski definition) is 5. The van der Waals surface area contributed by atoms with Crippen molar-refractivity contribution in [3.8, 4) is 11.6 Å². The van der Waals surface area contributed by atoms with Crippen molar-refractivity contribution in [2.45, 2.75) is 0 Å². The van der Waals surface area contributed by atoms with Gasteiger partial charge in [-0.2, -0.15) is 10.1 Å². The molecule has 0 fully saturated rings. The van der Waals surface area contributed by atoms with Crippen LogP contribution in [-0.4, -0.2) is 31.0 Å². The summed E-state index contributed by atoms with van der Waals surface area (Å²) in [5.41, 5.74) is 0.537. The van der Waals surface area contributed by atoms with Gasteiger partial charge in [-0.3, -0.25) is 4.68 Å². The van der Waals surface area contributed by atoms with Gasteiger partial charge in [0, 0.05) is 7.05 Å². The molecule has 0 spiro atoms. The molecule has 78 valence electrons. The van der Waals surface area contributed by atoms with E-state index in [1.54, 1.807) is 13.2 Å². The van der Waals surface area contributed by atoms with Gasteiger partial charge in [-0.25, -0.2) is 4.79 Å². The van der Waals surface area contributed by atoms with Gasteiger partial charge >= 0.3 is 5.97 Å². The van der Waals surface area contributed by atoms with Crippen LogP contribution in [0.2, 0.25) is 0 Å². The van der Waals surface area contributed by atoms with Gasteiger partial charge in [0.2, 0.25) is 0 Å². The molecule has 0 bridgehead atoms. The van der Waals surface area contributed by atoms with Gasteiger partial charge in [-0.1, -0.05) is 0 Å². The lowest BCUT2D eigenvalue weighted by atomic mass is 10.4. The largest absolute Gasteiger partial charge is 0.475 e. The molecule has 8 heteroatoms. The van der Waals surface area contributed by atoms with E-state index in [0.29, 0.717) is 10.2 Å². The minimum atomic E-state index is -1.23. The highest BCUT2D eigenvalue weighted by atomic mass is 79.9. The zero-order valence-electron chi connectivity index (χ0n) is 7.51. The van der Waals surface area contributed by atoms with Crippen LogP contribution in [0, 0.1) is 0 Å². The number of aromatic nitrogens is 4. The Hall–Kier alpha value is -1.70. The van der Waals surface area contributed by atoms with Gasteiger partial charge in [0.25, 0.3) is 11.7 Å². The summed E-state index contributed by atoms with van der Waals surface area (Å²) in [6.07, 6.45) is 1.56. The molecule has 0 aliphatic heterocycles. The van der Waals surface area contributed by atoms with Crippen LogP contribution in [0.5, 0.6) is 0 Å². The van der Waals surface area contributed by atoms with E-state index in [4.69, 9.17) is 9.63 Å². The number of aromatic carboxylic acids is 1. The zero-order valence-corrected chi connectivity index (χ0v) is 9.09. The number of nitrogens with zero attached hydrogens (tertiary/aromatic N) is 4. The van der Waals surface area contributed by atoms with Crippen LogP contribution in [0.3, 0.4) is 0 Å². The standard InChI is InChI=1S/C7H5BrN4O3/c1-12-4(3(8)2-9-12)6-10-5(7(13)14)11-15-6/h2H,1H3,(H,13,14). The highest BCUT2D eigenvalue weighted by Crippen LogP contribution is 2.25. The number of carbonyl (C=O) groups is 1. The van der Waals surface area contributed by atoms with Crippen LogP contribution < -0.4 is 0 Å². The summed E-state index contributed by atoms with van der Waals surface area (Å²) in [7, 11) is 1.69. The average Bonchev–Trinajstić information content (AvgIpc) is 2.73. The minimum absolute atomic E-state index is 0.110. The quantitative estimate of drug-likeness (QED) is 0.874. The van der Waals surface area contributed by atoms with Gasteiger partial charge in [0.1, 0.15) is 5.69 Å². The second kappa shape index (κ2) is 3.46. The minimum Gasteiger partial charge on any atom is -0.475 e. The van der Waals surface area contributed by atoms with Crippen molar-refractivity contribution in [2.75, 3.05) is 0 Å². The van der Waals surface area contributed by atoms with Crippen molar-refractivity contribution in [2.24, 2.45) is 7.05 Å². The maximum atomic E-state index is 10.5. The zero-order chi connectivity index (χ0) is 11.0. The second-order valence-corrected chi connectivity index (χ2v) is 3.55. The summed E-state index contributed by atoms with van der Waals surface area (Å²) < 4.78 is 6.96. The summed E-state index contributed by atoms with van der Waals surface area (Å²) in [5.74, 6) is -1.50. The molecule has 1 N–H and O–H groups in total. The third-order valence-corrected chi connectivity index (χ3v) is 2.29. The molecule has 0 radical (unpaired) electrons. The number of aryl methyl sites for hydroxylation is 1. The molecular formula is C7H5BrN4O3. The maximum absolute atomic E-state index is 10.5. The van der Waals surface area contributed by atoms with Gasteiger partial charge in [-0.15, -0.1) is 0 Å². The Balaban J connectivity index is 2.50. The van der Waals surface area contributed by atoms with Gasteiger partial charge in [-0.05, 0) is 21.1 Å². The fraction of sp³-hybridized carbons (Fsp3) is 0.143. The first-order valence-corrected chi connectivity index (χ1v) is 4.63. The summed E-state index contributed by atoms with van der Waals surface area (Å²) in [6, 6.07) is 0. The van der Waals surface area contributed by atoms with Crippen LogP contribution in [0.15, 0.2) is 15.2 Å². The van der Waals surface area contributed by atoms with Gasteiger partial charge in [0.05, 0.1) is 10.7 Å². The Morgan fingerprint density at radius 2 is 2.40 bits per heavy atom. The van der Waals surface area contributed by atoms with Crippen molar-refractivity contribution in [3.05, 3.63) is 16.5 Å². The van der Waals surface area contributed by atoms with Crippen LogP contribution in [-0.2, 0) is 7.05 Å². The lowest BCUT2D eigenvalue weighted by molar-refractivity contribution is 0.0680. The van der Waals surface area contributed by atoms with E-state index in [2.05, 4.69) is 31.2 Å². The Morgan fingerprint density at radius 3 is 2.87 bits per heavy atom. The van der Waals surface area contributed by atoms with Gasteiger partial charge in [0.15, 0.2) is 0 Å². The Morgan fingerprint density at radius 1 is 1.67 bits per heavy atom. The lowest BCUT2D eigenvalue weighted by Crippen LogP contribution is -1.99. The predicted octanol–water partition coefficient (Wildman–Crippen LogP) is 0.931. The normalized spacial score (nSPS) is 10.5. The summed E-state index contributed by atoms with van der Waals surface area (Å²) in [4.78, 5) is 14.2. The van der Waals surface area contributed by atoms with E-state index >= 15 is 0 Å². The summed E-state index contributed by atoms with van der Waals surface area (Å²) in [5, 5.41) is 15.9. The molecule has 0 atom stereocenters. The molecule has 0 aliphatic rings. The highest BCUT2D eigenvalue weighted by Gasteiger charge is 2.19. The van der Waals surface area contributed by atoms with Crippen molar-refractivity contribution >= 4 is 21.9 Å². The van der Waals surface area contributed by atoms with E-state index in [9.17, 15) is 4.79 Å². The Bertz CT molecular complexity index is 499. The summed E-state index contributed by atoms with van der Waals surface area (Å²) >= 11 is 3.24. The first-order chi connectivity index (χ1) is 7.09. The molecule has 2 aromatic heterocycles. The van der Waals surface area contributed by atoms with E-state index in [0.717, 1.165) is 0 Å². The van der Waals surface area contributed by atoms with E-state index in [1.165, 1.54) is 4.68 Å². The lowest BCUT2D eigenvalue weighted by Gasteiger charge is -1.94. The second-order valence-electron chi connectivity index (χ2n) is 2.69. The highest BCUT2D eigenvalue weighted by molar-refractivity contribution is 9.10.